The van der Waals surface area contributed by atoms with Gasteiger partial charge in [-0.3, -0.25) is 4.79 Å². The number of amides is 1. The molecule has 102 valence electrons. The molecule has 0 fully saturated rings. The first-order valence-electron chi connectivity index (χ1n) is 6.24. The van der Waals surface area contributed by atoms with E-state index in [-0.39, 0.29) is 11.6 Å². The maximum absolute atomic E-state index is 13.1. The third kappa shape index (κ3) is 2.34. The minimum absolute atomic E-state index is 0.242. The largest absolute Gasteiger partial charge is 0.373 e. The summed E-state index contributed by atoms with van der Waals surface area (Å²) in [5.74, 6) is -2.19. The molecule has 1 unspecified atom stereocenters. The summed E-state index contributed by atoms with van der Waals surface area (Å²) in [6.07, 6.45) is 0.575. The van der Waals surface area contributed by atoms with Gasteiger partial charge in [-0.15, -0.1) is 0 Å². The van der Waals surface area contributed by atoms with E-state index in [4.69, 9.17) is 0 Å². The Morgan fingerprint density at radius 2 is 1.95 bits per heavy atom. The van der Waals surface area contributed by atoms with Crippen LogP contribution in [0.15, 0.2) is 42.5 Å². The molecule has 1 heterocycles. The molecular formula is C15H12F2N2O. The number of anilines is 2. The summed E-state index contributed by atoms with van der Waals surface area (Å²) in [4.78, 5) is 12.1. The Morgan fingerprint density at radius 1 is 1.15 bits per heavy atom. The Kier molecular flexibility index (Phi) is 3.10. The molecule has 2 aromatic rings. The van der Waals surface area contributed by atoms with Crippen LogP contribution in [0.1, 0.15) is 5.56 Å². The van der Waals surface area contributed by atoms with Crippen LogP contribution >= 0.6 is 0 Å². The summed E-state index contributed by atoms with van der Waals surface area (Å²) in [7, 11) is 0. The fourth-order valence-corrected chi connectivity index (χ4v) is 2.26. The first kappa shape index (κ1) is 12.6. The standard InChI is InChI=1S/C15H12F2N2O/c16-11-6-5-10(8-12(11)17)18-15(20)14-7-9-3-1-2-4-13(9)19-14/h1-6,8,14,19H,7H2,(H,18,20). The fraction of sp³-hybridized carbons (Fsp3) is 0.133. The highest BCUT2D eigenvalue weighted by Gasteiger charge is 2.26. The number of halogens is 2. The van der Waals surface area contributed by atoms with Crippen LogP contribution in [0.3, 0.4) is 0 Å². The number of hydrogen-bond donors (Lipinski definition) is 2. The first-order valence-corrected chi connectivity index (χ1v) is 6.24. The number of nitrogens with one attached hydrogen (secondary N) is 2. The highest BCUT2D eigenvalue weighted by Crippen LogP contribution is 2.25. The maximum atomic E-state index is 13.1. The fourth-order valence-electron chi connectivity index (χ4n) is 2.26. The van der Waals surface area contributed by atoms with E-state index < -0.39 is 17.7 Å². The smallest absolute Gasteiger partial charge is 0.247 e. The molecule has 0 saturated carbocycles. The second-order valence-electron chi connectivity index (χ2n) is 4.68. The molecule has 0 aliphatic carbocycles. The Hall–Kier alpha value is -2.43. The van der Waals surface area contributed by atoms with Gasteiger partial charge in [0.2, 0.25) is 5.91 Å². The van der Waals surface area contributed by atoms with Gasteiger partial charge in [-0.1, -0.05) is 18.2 Å². The van der Waals surface area contributed by atoms with Crippen molar-refractivity contribution in [3.8, 4) is 0 Å². The van der Waals surface area contributed by atoms with Gasteiger partial charge >= 0.3 is 0 Å². The molecule has 1 amide bonds. The van der Waals surface area contributed by atoms with Crippen molar-refractivity contribution >= 4 is 17.3 Å². The molecule has 0 spiro atoms. The lowest BCUT2D eigenvalue weighted by Crippen LogP contribution is -2.32. The van der Waals surface area contributed by atoms with Gasteiger partial charge in [-0.25, -0.2) is 8.78 Å². The normalized spacial score (nSPS) is 16.4. The van der Waals surface area contributed by atoms with Gasteiger partial charge in [0.25, 0.3) is 0 Å². The number of hydrogen-bond acceptors (Lipinski definition) is 2. The predicted molar refractivity (Wildman–Crippen MR) is 72.5 cm³/mol. The SMILES string of the molecule is O=C(Nc1ccc(F)c(F)c1)C1Cc2ccccc2N1. The average Bonchev–Trinajstić information content (AvgIpc) is 2.87. The molecule has 3 nitrogen and oxygen atoms in total. The van der Waals surface area contributed by atoms with E-state index in [9.17, 15) is 13.6 Å². The zero-order chi connectivity index (χ0) is 14.1. The Labute approximate surface area is 114 Å². The second kappa shape index (κ2) is 4.92. The topological polar surface area (TPSA) is 41.1 Å². The van der Waals surface area contributed by atoms with Gasteiger partial charge in [0.1, 0.15) is 6.04 Å². The van der Waals surface area contributed by atoms with E-state index in [0.29, 0.717) is 6.42 Å². The van der Waals surface area contributed by atoms with Crippen molar-refractivity contribution in [2.45, 2.75) is 12.5 Å². The van der Waals surface area contributed by atoms with Crippen LogP contribution in [-0.2, 0) is 11.2 Å². The minimum atomic E-state index is -0.981. The molecule has 0 aromatic heterocycles. The van der Waals surface area contributed by atoms with Crippen LogP contribution in [0.4, 0.5) is 20.2 Å². The molecule has 0 bridgehead atoms. The molecule has 1 atom stereocenters. The first-order chi connectivity index (χ1) is 9.63. The van der Waals surface area contributed by atoms with Crippen LogP contribution in [0.25, 0.3) is 0 Å². The molecule has 0 saturated heterocycles. The van der Waals surface area contributed by atoms with Gasteiger partial charge in [-0.05, 0) is 23.8 Å². The lowest BCUT2D eigenvalue weighted by molar-refractivity contribution is -0.116. The summed E-state index contributed by atoms with van der Waals surface area (Å²) in [6.45, 7) is 0. The van der Waals surface area contributed by atoms with E-state index >= 15 is 0 Å². The molecule has 1 aliphatic rings. The number of fused-ring (bicyclic) bond motifs is 1. The van der Waals surface area contributed by atoms with E-state index in [0.717, 1.165) is 23.4 Å². The van der Waals surface area contributed by atoms with Crippen LogP contribution in [-0.4, -0.2) is 11.9 Å². The third-order valence-electron chi connectivity index (χ3n) is 3.27. The number of carbonyl (C=O) groups excluding carboxylic acids is 1. The van der Waals surface area contributed by atoms with E-state index in [1.807, 2.05) is 24.3 Å². The van der Waals surface area contributed by atoms with E-state index in [2.05, 4.69) is 10.6 Å². The highest BCUT2D eigenvalue weighted by atomic mass is 19.2. The van der Waals surface area contributed by atoms with Crippen molar-refractivity contribution in [1.29, 1.82) is 0 Å². The summed E-state index contributed by atoms with van der Waals surface area (Å²) in [5, 5.41) is 5.68. The van der Waals surface area contributed by atoms with Gasteiger partial charge in [0.15, 0.2) is 11.6 Å². The van der Waals surface area contributed by atoms with Crippen molar-refractivity contribution in [1.82, 2.24) is 0 Å². The van der Waals surface area contributed by atoms with Gasteiger partial charge in [0, 0.05) is 23.9 Å². The van der Waals surface area contributed by atoms with Gasteiger partial charge < -0.3 is 10.6 Å². The Balaban J connectivity index is 1.71. The zero-order valence-corrected chi connectivity index (χ0v) is 10.5. The molecule has 3 rings (SSSR count). The van der Waals surface area contributed by atoms with Gasteiger partial charge in [0.05, 0.1) is 0 Å². The number of benzene rings is 2. The minimum Gasteiger partial charge on any atom is -0.373 e. The van der Waals surface area contributed by atoms with Crippen LogP contribution < -0.4 is 10.6 Å². The maximum Gasteiger partial charge on any atom is 0.247 e. The molecule has 0 radical (unpaired) electrons. The van der Waals surface area contributed by atoms with Crippen LogP contribution in [0, 0.1) is 11.6 Å². The molecular weight excluding hydrogens is 262 g/mol. The molecule has 1 aliphatic heterocycles. The van der Waals surface area contributed by atoms with Crippen molar-refractivity contribution in [3.63, 3.8) is 0 Å². The monoisotopic (exact) mass is 274 g/mol. The Morgan fingerprint density at radius 3 is 2.70 bits per heavy atom. The average molecular weight is 274 g/mol. The molecule has 5 heteroatoms. The van der Waals surface area contributed by atoms with Crippen molar-refractivity contribution in [2.75, 3.05) is 10.6 Å². The summed E-state index contributed by atoms with van der Waals surface area (Å²) >= 11 is 0. The van der Waals surface area contributed by atoms with E-state index in [1.54, 1.807) is 0 Å². The van der Waals surface area contributed by atoms with Crippen molar-refractivity contribution in [3.05, 3.63) is 59.7 Å². The number of carbonyl (C=O) groups is 1. The van der Waals surface area contributed by atoms with Crippen LogP contribution in [0.5, 0.6) is 0 Å². The number of rotatable bonds is 2. The van der Waals surface area contributed by atoms with Crippen molar-refractivity contribution < 1.29 is 13.6 Å². The molecule has 2 N–H and O–H groups in total. The summed E-state index contributed by atoms with van der Waals surface area (Å²) in [5.41, 5.74) is 2.24. The van der Waals surface area contributed by atoms with Crippen molar-refractivity contribution in [2.24, 2.45) is 0 Å². The molecule has 20 heavy (non-hydrogen) atoms. The second-order valence-corrected chi connectivity index (χ2v) is 4.68. The lowest BCUT2D eigenvalue weighted by Gasteiger charge is -2.12. The Bertz CT molecular complexity index is 648. The third-order valence-corrected chi connectivity index (χ3v) is 3.27. The molecule has 2 aromatic carbocycles. The van der Waals surface area contributed by atoms with E-state index in [1.165, 1.54) is 6.07 Å². The number of para-hydroxylation sites is 1. The lowest BCUT2D eigenvalue weighted by atomic mass is 10.1. The zero-order valence-electron chi connectivity index (χ0n) is 10.5. The summed E-state index contributed by atoms with van der Waals surface area (Å²) in [6, 6.07) is 10.5. The highest BCUT2D eigenvalue weighted by molar-refractivity contribution is 5.98. The quantitative estimate of drug-likeness (QED) is 0.884. The predicted octanol–water partition coefficient (Wildman–Crippen LogP) is 2.94. The van der Waals surface area contributed by atoms with Crippen LogP contribution in [0.2, 0.25) is 0 Å². The van der Waals surface area contributed by atoms with Gasteiger partial charge in [-0.2, -0.15) is 0 Å². The summed E-state index contributed by atoms with van der Waals surface area (Å²) < 4.78 is 25.9.